The molecule has 0 spiro atoms. The third-order valence-electron chi connectivity index (χ3n) is 9.81. The van der Waals surface area contributed by atoms with Crippen LogP contribution >= 0.6 is 0 Å². The number of esters is 3. The minimum absolute atomic E-state index is 0.247. The lowest BCUT2D eigenvalue weighted by molar-refractivity contribution is -0.298. The molecule has 1 saturated heterocycles. The van der Waals surface area contributed by atoms with Gasteiger partial charge in [-0.05, 0) is 42.8 Å². The maximum Gasteiger partial charge on any atom is 0.338 e. The van der Waals surface area contributed by atoms with Crippen molar-refractivity contribution in [2.24, 2.45) is 0 Å². The number of aliphatic hydroxyl groups excluding tert-OH is 1. The van der Waals surface area contributed by atoms with E-state index in [0.717, 1.165) is 25.7 Å². The topological polar surface area (TPSA) is 118 Å². The average molecular weight is 745 g/mol. The van der Waals surface area contributed by atoms with Crippen LogP contribution in [0.25, 0.3) is 0 Å². The van der Waals surface area contributed by atoms with E-state index in [-0.39, 0.29) is 23.3 Å². The summed E-state index contributed by atoms with van der Waals surface area (Å²) in [5, 5.41) is 10.5. The first-order chi connectivity index (χ1) is 26.5. The Kier molecular flexibility index (Phi) is 19.8. The minimum atomic E-state index is -1.38. The van der Waals surface area contributed by atoms with E-state index in [1.165, 1.54) is 77.0 Å². The summed E-state index contributed by atoms with van der Waals surface area (Å²) < 4.78 is 30.3. The molecule has 0 aromatic heterocycles. The van der Waals surface area contributed by atoms with Gasteiger partial charge in [-0.3, -0.25) is 0 Å². The van der Waals surface area contributed by atoms with Crippen molar-refractivity contribution in [3.63, 3.8) is 0 Å². The fraction of sp³-hybridized carbons (Fsp3) is 0.533. The van der Waals surface area contributed by atoms with Crippen LogP contribution in [-0.4, -0.2) is 66.9 Å². The molecule has 0 bridgehead atoms. The van der Waals surface area contributed by atoms with Gasteiger partial charge in [0.15, 0.2) is 24.6 Å². The molecule has 3 aromatic carbocycles. The highest BCUT2D eigenvalue weighted by Crippen LogP contribution is 2.31. The summed E-state index contributed by atoms with van der Waals surface area (Å²) in [6, 6.07) is 25.1. The van der Waals surface area contributed by atoms with Crippen LogP contribution in [0.4, 0.5) is 0 Å². The first-order valence-electron chi connectivity index (χ1n) is 20.2. The van der Waals surface area contributed by atoms with Gasteiger partial charge in [0.2, 0.25) is 0 Å². The lowest BCUT2D eigenvalue weighted by Crippen LogP contribution is -2.63. The second-order valence-corrected chi connectivity index (χ2v) is 14.1. The number of ether oxygens (including phenoxy) is 5. The zero-order valence-corrected chi connectivity index (χ0v) is 32.0. The Labute approximate surface area is 321 Å². The van der Waals surface area contributed by atoms with Crippen LogP contribution in [0.1, 0.15) is 141 Å². The zero-order valence-electron chi connectivity index (χ0n) is 32.0. The van der Waals surface area contributed by atoms with Gasteiger partial charge < -0.3 is 28.8 Å². The predicted octanol–water partition coefficient (Wildman–Crippen LogP) is 9.66. The third kappa shape index (κ3) is 14.6. The van der Waals surface area contributed by atoms with Gasteiger partial charge in [0, 0.05) is 6.61 Å². The Morgan fingerprint density at radius 1 is 0.500 bits per heavy atom. The van der Waals surface area contributed by atoms with Gasteiger partial charge in [0.25, 0.3) is 0 Å². The van der Waals surface area contributed by atoms with Gasteiger partial charge in [-0.2, -0.15) is 0 Å². The molecule has 0 radical (unpaired) electrons. The lowest BCUT2D eigenvalue weighted by Gasteiger charge is -2.44. The van der Waals surface area contributed by atoms with E-state index in [2.05, 4.69) is 6.92 Å². The van der Waals surface area contributed by atoms with Gasteiger partial charge in [0.1, 0.15) is 6.10 Å². The molecular weight excluding hydrogens is 684 g/mol. The molecule has 0 saturated carbocycles. The van der Waals surface area contributed by atoms with Crippen LogP contribution < -0.4 is 0 Å². The Morgan fingerprint density at radius 2 is 0.852 bits per heavy atom. The monoisotopic (exact) mass is 744 g/mol. The molecule has 1 aliphatic rings. The number of hydrogen-bond donors (Lipinski definition) is 1. The second kappa shape index (κ2) is 25.1. The van der Waals surface area contributed by atoms with Crippen molar-refractivity contribution < 1.29 is 43.2 Å². The standard InChI is InChI=1S/C45H60O9/c1-2-3-4-5-6-7-8-9-10-11-12-13-14-15-16-26-33-50-45-41(54-44(49)37-31-24-19-25-32-37)40(53-43(48)36-29-22-18-23-30-36)39(38(34-46)51-45)52-42(47)35-27-20-17-21-28-35/h17-25,27-32,38-41,45-46H,2-16,26,33-34H2,1H3/t38-,39-,40+,41-,45+/m1/s1. The van der Waals surface area contributed by atoms with Gasteiger partial charge in [-0.15, -0.1) is 0 Å². The van der Waals surface area contributed by atoms with Gasteiger partial charge in [-0.1, -0.05) is 158 Å². The average Bonchev–Trinajstić information content (AvgIpc) is 3.21. The van der Waals surface area contributed by atoms with Crippen molar-refractivity contribution in [2.75, 3.05) is 13.2 Å². The predicted molar refractivity (Wildman–Crippen MR) is 208 cm³/mol. The highest BCUT2D eigenvalue weighted by atomic mass is 16.7. The molecular formula is C45H60O9. The quantitative estimate of drug-likeness (QED) is 0.0514. The maximum atomic E-state index is 13.5. The summed E-state index contributed by atoms with van der Waals surface area (Å²) in [5.74, 6) is -2.14. The lowest BCUT2D eigenvalue weighted by atomic mass is 9.97. The van der Waals surface area contributed by atoms with Crippen LogP contribution in [0.15, 0.2) is 91.0 Å². The van der Waals surface area contributed by atoms with Crippen LogP contribution in [0.2, 0.25) is 0 Å². The molecule has 0 unspecified atom stereocenters. The number of unbranched alkanes of at least 4 members (excludes halogenated alkanes) is 15. The smallest absolute Gasteiger partial charge is 0.338 e. The summed E-state index contributed by atoms with van der Waals surface area (Å²) in [7, 11) is 0. The Balaban J connectivity index is 1.36. The molecule has 1 heterocycles. The highest BCUT2D eigenvalue weighted by molar-refractivity contribution is 5.91. The molecule has 5 atom stereocenters. The van der Waals surface area contributed by atoms with Crippen LogP contribution in [0, 0.1) is 0 Å². The fourth-order valence-corrected chi connectivity index (χ4v) is 6.71. The summed E-state index contributed by atoms with van der Waals surface area (Å²) >= 11 is 0. The minimum Gasteiger partial charge on any atom is -0.452 e. The van der Waals surface area contributed by atoms with Crippen LogP contribution in [0.5, 0.6) is 0 Å². The van der Waals surface area contributed by atoms with Crippen LogP contribution in [0.3, 0.4) is 0 Å². The van der Waals surface area contributed by atoms with E-state index in [9.17, 15) is 19.5 Å². The van der Waals surface area contributed by atoms with E-state index >= 15 is 0 Å². The van der Waals surface area contributed by atoms with E-state index in [4.69, 9.17) is 23.7 Å². The SMILES string of the molecule is CCCCCCCCCCCCCCCCCCO[C@H]1O[C@H](CO)[C@@H](OC(=O)c2ccccc2)[C@H](OC(=O)c2ccccc2)[C@H]1OC(=O)c1ccccc1. The first-order valence-corrected chi connectivity index (χ1v) is 20.2. The number of rotatable bonds is 25. The van der Waals surface area contributed by atoms with Crippen molar-refractivity contribution in [1.82, 2.24) is 0 Å². The molecule has 9 heteroatoms. The van der Waals surface area contributed by atoms with Crippen molar-refractivity contribution in [2.45, 2.75) is 140 Å². The zero-order chi connectivity index (χ0) is 38.2. The summed E-state index contributed by atoms with van der Waals surface area (Å²) in [4.78, 5) is 40.3. The van der Waals surface area contributed by atoms with Crippen molar-refractivity contribution in [1.29, 1.82) is 0 Å². The summed E-state index contributed by atoms with van der Waals surface area (Å²) in [6.45, 7) is 1.97. The number of benzene rings is 3. The molecule has 294 valence electrons. The second-order valence-electron chi connectivity index (χ2n) is 14.1. The molecule has 54 heavy (non-hydrogen) atoms. The van der Waals surface area contributed by atoms with Crippen molar-refractivity contribution >= 4 is 17.9 Å². The van der Waals surface area contributed by atoms with Crippen LogP contribution in [-0.2, 0) is 23.7 Å². The van der Waals surface area contributed by atoms with E-state index in [0.29, 0.717) is 0 Å². The molecule has 3 aromatic rings. The molecule has 1 N–H and O–H groups in total. The van der Waals surface area contributed by atoms with Crippen molar-refractivity contribution in [3.05, 3.63) is 108 Å². The maximum absolute atomic E-state index is 13.5. The van der Waals surface area contributed by atoms with Gasteiger partial charge >= 0.3 is 17.9 Å². The third-order valence-corrected chi connectivity index (χ3v) is 9.81. The largest absolute Gasteiger partial charge is 0.452 e. The Hall–Kier alpha value is -4.05. The normalized spacial score (nSPS) is 19.6. The van der Waals surface area contributed by atoms with E-state index < -0.39 is 55.2 Å². The number of aliphatic hydroxyl groups is 1. The molecule has 9 nitrogen and oxygen atoms in total. The summed E-state index contributed by atoms with van der Waals surface area (Å²) in [5.41, 5.74) is 0.766. The molecule has 1 aliphatic heterocycles. The van der Waals surface area contributed by atoms with E-state index in [1.807, 2.05) is 0 Å². The molecule has 1 fully saturated rings. The summed E-state index contributed by atoms with van der Waals surface area (Å²) in [6.07, 6.45) is 13.5. The highest BCUT2D eigenvalue weighted by Gasteiger charge is 2.53. The molecule has 0 amide bonds. The molecule has 0 aliphatic carbocycles. The van der Waals surface area contributed by atoms with E-state index in [1.54, 1.807) is 91.0 Å². The first kappa shape index (κ1) is 42.7. The molecule has 4 rings (SSSR count). The van der Waals surface area contributed by atoms with Crippen molar-refractivity contribution in [3.8, 4) is 0 Å². The Morgan fingerprint density at radius 3 is 1.24 bits per heavy atom. The van der Waals surface area contributed by atoms with Gasteiger partial charge in [0.05, 0.1) is 23.3 Å². The number of hydrogen-bond acceptors (Lipinski definition) is 9. The Bertz CT molecular complexity index is 1470. The van der Waals surface area contributed by atoms with Gasteiger partial charge in [-0.25, -0.2) is 14.4 Å². The fourth-order valence-electron chi connectivity index (χ4n) is 6.71. The number of carbonyl (C=O) groups is 3. The number of carbonyl (C=O) groups excluding carboxylic acids is 3.